The van der Waals surface area contributed by atoms with Gasteiger partial charge in [-0.2, -0.15) is 0 Å². The first-order chi connectivity index (χ1) is 6.52. The molecule has 1 rings (SSSR count). The van der Waals surface area contributed by atoms with Crippen LogP contribution in [-0.2, 0) is 14.3 Å². The van der Waals surface area contributed by atoms with Crippen LogP contribution in [0.4, 0.5) is 0 Å². The van der Waals surface area contributed by atoms with Crippen molar-refractivity contribution in [3.05, 3.63) is 0 Å². The third-order valence-electron chi connectivity index (χ3n) is 3.40. The Hall–Kier alpha value is -0.860. The Labute approximate surface area is 84.8 Å². The standard InChI is InChI=1S/C11H18O3/c1-11(2,10(13)14-3)9-5-4-8(6-9)7-12/h7-9H,4-6H2,1-3H3/t8-,9+/m0/s1. The number of methoxy groups -OCH3 is 1. The van der Waals surface area contributed by atoms with Gasteiger partial charge in [0.1, 0.15) is 6.29 Å². The smallest absolute Gasteiger partial charge is 0.311 e. The van der Waals surface area contributed by atoms with Crippen molar-refractivity contribution in [2.24, 2.45) is 17.3 Å². The van der Waals surface area contributed by atoms with Crippen molar-refractivity contribution >= 4 is 12.3 Å². The van der Waals surface area contributed by atoms with Gasteiger partial charge in [0.15, 0.2) is 0 Å². The summed E-state index contributed by atoms with van der Waals surface area (Å²) in [5, 5.41) is 0. The van der Waals surface area contributed by atoms with E-state index >= 15 is 0 Å². The number of ether oxygens (including phenoxy) is 1. The van der Waals surface area contributed by atoms with Crippen LogP contribution in [0.25, 0.3) is 0 Å². The molecule has 0 N–H and O–H groups in total. The van der Waals surface area contributed by atoms with Crippen LogP contribution in [0.3, 0.4) is 0 Å². The van der Waals surface area contributed by atoms with Crippen molar-refractivity contribution in [2.45, 2.75) is 33.1 Å². The minimum Gasteiger partial charge on any atom is -0.469 e. The Bertz CT molecular complexity index is 233. The van der Waals surface area contributed by atoms with Crippen molar-refractivity contribution in [2.75, 3.05) is 7.11 Å². The monoisotopic (exact) mass is 198 g/mol. The molecule has 0 aromatic heterocycles. The van der Waals surface area contributed by atoms with E-state index in [1.165, 1.54) is 7.11 Å². The highest BCUT2D eigenvalue weighted by Gasteiger charge is 2.41. The topological polar surface area (TPSA) is 43.4 Å². The van der Waals surface area contributed by atoms with E-state index in [9.17, 15) is 9.59 Å². The average molecular weight is 198 g/mol. The van der Waals surface area contributed by atoms with Crippen molar-refractivity contribution in [3.8, 4) is 0 Å². The Kier molecular flexibility index (Phi) is 3.29. The number of esters is 1. The van der Waals surface area contributed by atoms with Crippen molar-refractivity contribution < 1.29 is 14.3 Å². The fourth-order valence-corrected chi connectivity index (χ4v) is 2.23. The van der Waals surface area contributed by atoms with Crippen LogP contribution in [0.1, 0.15) is 33.1 Å². The highest BCUT2D eigenvalue weighted by Crippen LogP contribution is 2.42. The largest absolute Gasteiger partial charge is 0.469 e. The quantitative estimate of drug-likeness (QED) is 0.513. The Balaban J connectivity index is 2.65. The molecule has 80 valence electrons. The van der Waals surface area contributed by atoms with E-state index in [4.69, 9.17) is 4.74 Å². The molecule has 14 heavy (non-hydrogen) atoms. The third-order valence-corrected chi connectivity index (χ3v) is 3.40. The summed E-state index contributed by atoms with van der Waals surface area (Å²) < 4.78 is 4.77. The minimum atomic E-state index is -0.452. The normalized spacial score (nSPS) is 27.4. The Morgan fingerprint density at radius 3 is 2.50 bits per heavy atom. The summed E-state index contributed by atoms with van der Waals surface area (Å²) in [4.78, 5) is 22.1. The second-order valence-electron chi connectivity index (χ2n) is 4.62. The highest BCUT2D eigenvalue weighted by atomic mass is 16.5. The summed E-state index contributed by atoms with van der Waals surface area (Å²) >= 11 is 0. The maximum atomic E-state index is 11.5. The van der Waals surface area contributed by atoms with Crippen LogP contribution < -0.4 is 0 Å². The van der Waals surface area contributed by atoms with Crippen LogP contribution in [-0.4, -0.2) is 19.4 Å². The zero-order valence-corrected chi connectivity index (χ0v) is 9.08. The lowest BCUT2D eigenvalue weighted by Crippen LogP contribution is -2.32. The Morgan fingerprint density at radius 2 is 2.07 bits per heavy atom. The third kappa shape index (κ3) is 1.97. The summed E-state index contributed by atoms with van der Waals surface area (Å²) in [7, 11) is 1.41. The number of aldehydes is 1. The van der Waals surface area contributed by atoms with Gasteiger partial charge >= 0.3 is 5.97 Å². The number of hydrogen-bond acceptors (Lipinski definition) is 3. The molecule has 3 heteroatoms. The van der Waals surface area contributed by atoms with Gasteiger partial charge in [-0.25, -0.2) is 0 Å². The molecule has 0 aromatic rings. The molecule has 1 fully saturated rings. The van der Waals surface area contributed by atoms with Gasteiger partial charge < -0.3 is 9.53 Å². The van der Waals surface area contributed by atoms with Crippen molar-refractivity contribution in [3.63, 3.8) is 0 Å². The molecular formula is C11H18O3. The van der Waals surface area contributed by atoms with Crippen molar-refractivity contribution in [1.82, 2.24) is 0 Å². The predicted octanol–water partition coefficient (Wildman–Crippen LogP) is 1.80. The number of carbonyl (C=O) groups is 2. The van der Waals surface area contributed by atoms with E-state index in [1.54, 1.807) is 0 Å². The van der Waals surface area contributed by atoms with Crippen LogP contribution in [0.5, 0.6) is 0 Å². The molecule has 1 saturated carbocycles. The zero-order valence-electron chi connectivity index (χ0n) is 9.08. The van der Waals surface area contributed by atoms with E-state index in [2.05, 4.69) is 0 Å². The fourth-order valence-electron chi connectivity index (χ4n) is 2.23. The first-order valence-electron chi connectivity index (χ1n) is 5.06. The van der Waals surface area contributed by atoms with Gasteiger partial charge in [-0.15, -0.1) is 0 Å². The van der Waals surface area contributed by atoms with Crippen molar-refractivity contribution in [1.29, 1.82) is 0 Å². The lowest BCUT2D eigenvalue weighted by molar-refractivity contribution is -0.154. The molecule has 0 heterocycles. The Morgan fingerprint density at radius 1 is 1.43 bits per heavy atom. The summed E-state index contributed by atoms with van der Waals surface area (Å²) in [6.07, 6.45) is 3.69. The lowest BCUT2D eigenvalue weighted by Gasteiger charge is -2.28. The van der Waals surface area contributed by atoms with Crippen LogP contribution >= 0.6 is 0 Å². The molecule has 0 spiro atoms. The summed E-state index contributed by atoms with van der Waals surface area (Å²) in [6.45, 7) is 3.80. The van der Waals surface area contributed by atoms with Gasteiger partial charge in [-0.3, -0.25) is 4.79 Å². The molecule has 2 atom stereocenters. The maximum absolute atomic E-state index is 11.5. The van der Waals surface area contributed by atoms with Gasteiger partial charge in [-0.05, 0) is 39.0 Å². The maximum Gasteiger partial charge on any atom is 0.311 e. The van der Waals surface area contributed by atoms with E-state index < -0.39 is 5.41 Å². The van der Waals surface area contributed by atoms with E-state index in [1.807, 2.05) is 13.8 Å². The van der Waals surface area contributed by atoms with Gasteiger partial charge in [0.05, 0.1) is 12.5 Å². The molecule has 0 saturated heterocycles. The van der Waals surface area contributed by atoms with Crippen LogP contribution in [0, 0.1) is 17.3 Å². The predicted molar refractivity (Wildman–Crippen MR) is 52.7 cm³/mol. The fraction of sp³-hybridized carbons (Fsp3) is 0.818. The summed E-state index contributed by atoms with van der Waals surface area (Å²) in [6, 6.07) is 0. The minimum absolute atomic E-state index is 0.143. The SMILES string of the molecule is COC(=O)C(C)(C)[C@@H]1CC[C@H](C=O)C1. The lowest BCUT2D eigenvalue weighted by atomic mass is 9.77. The number of carbonyl (C=O) groups excluding carboxylic acids is 2. The number of hydrogen-bond donors (Lipinski definition) is 0. The van der Waals surface area contributed by atoms with Crippen LogP contribution in [0.15, 0.2) is 0 Å². The molecular weight excluding hydrogens is 180 g/mol. The molecule has 0 radical (unpaired) electrons. The highest BCUT2D eigenvalue weighted by molar-refractivity contribution is 5.76. The van der Waals surface area contributed by atoms with E-state index in [0.717, 1.165) is 25.5 Å². The molecule has 0 aliphatic heterocycles. The first-order valence-corrected chi connectivity index (χ1v) is 5.06. The molecule has 1 aliphatic rings. The summed E-state index contributed by atoms with van der Waals surface area (Å²) in [5.41, 5.74) is -0.452. The van der Waals surface area contributed by atoms with Crippen LogP contribution in [0.2, 0.25) is 0 Å². The molecule has 0 aromatic carbocycles. The molecule has 0 unspecified atom stereocenters. The number of rotatable bonds is 3. The molecule has 1 aliphatic carbocycles. The summed E-state index contributed by atoms with van der Waals surface area (Å²) in [5.74, 6) is 0.253. The molecule has 0 bridgehead atoms. The van der Waals surface area contributed by atoms with Gasteiger partial charge in [0.25, 0.3) is 0 Å². The molecule has 3 nitrogen and oxygen atoms in total. The second kappa shape index (κ2) is 4.11. The van der Waals surface area contributed by atoms with Gasteiger partial charge in [0, 0.05) is 5.92 Å². The van der Waals surface area contributed by atoms with Gasteiger partial charge in [-0.1, -0.05) is 0 Å². The second-order valence-corrected chi connectivity index (χ2v) is 4.62. The molecule has 0 amide bonds. The first kappa shape index (κ1) is 11.2. The zero-order chi connectivity index (χ0) is 10.8. The van der Waals surface area contributed by atoms with E-state index in [-0.39, 0.29) is 17.8 Å². The van der Waals surface area contributed by atoms with Gasteiger partial charge in [0.2, 0.25) is 0 Å². The average Bonchev–Trinajstić information content (AvgIpc) is 2.65. The van der Waals surface area contributed by atoms with E-state index in [0.29, 0.717) is 0 Å².